The number of fused-ring (bicyclic) bond motifs is 1. The number of rotatable bonds is 26. The van der Waals surface area contributed by atoms with Crippen molar-refractivity contribution in [2.75, 3.05) is 65.5 Å². The minimum Gasteiger partial charge on any atom is -0.379 e. The summed E-state index contributed by atoms with van der Waals surface area (Å²) in [7, 11) is 1.83. The van der Waals surface area contributed by atoms with E-state index in [1.807, 2.05) is 26.1 Å². The van der Waals surface area contributed by atoms with Crippen LogP contribution in [0.2, 0.25) is 5.02 Å². The van der Waals surface area contributed by atoms with Crippen LogP contribution in [0.3, 0.4) is 0 Å². The van der Waals surface area contributed by atoms with Gasteiger partial charge in [0.05, 0.1) is 43.7 Å². The van der Waals surface area contributed by atoms with E-state index in [1.54, 1.807) is 40.1 Å². The fraction of sp³-hybridized carbons (Fsp3) is 0.610. The monoisotopic (exact) mass is 874 g/mol. The molecule has 0 spiro atoms. The molecule has 2 fully saturated rings. The average molecular weight is 876 g/mol. The third-order valence-electron chi connectivity index (χ3n) is 10.7. The second kappa shape index (κ2) is 23.0. The normalized spacial score (nSPS) is 20.8. The minimum absolute atomic E-state index is 0.00766. The second-order valence-corrected chi connectivity index (χ2v) is 18.1. The Morgan fingerprint density at radius 1 is 1.00 bits per heavy atom. The van der Waals surface area contributed by atoms with Crippen molar-refractivity contribution in [1.82, 2.24) is 20.9 Å². The number of carbonyl (C=O) groups is 3. The number of hydrogen-bond acceptors (Lipinski definition) is 12. The van der Waals surface area contributed by atoms with Gasteiger partial charge in [0.25, 0.3) is 0 Å². The van der Waals surface area contributed by atoms with Crippen molar-refractivity contribution in [3.63, 3.8) is 0 Å². The van der Waals surface area contributed by atoms with Crippen LogP contribution in [-0.4, -0.2) is 123 Å². The number of nitrogens with zero attached hydrogens (tertiary/aromatic N) is 3. The van der Waals surface area contributed by atoms with Gasteiger partial charge in [-0.1, -0.05) is 51.7 Å². The summed E-state index contributed by atoms with van der Waals surface area (Å²) in [6.07, 6.45) is 6.26. The lowest BCUT2D eigenvalue weighted by molar-refractivity contribution is -0.614. The molecule has 5 rings (SSSR count). The SMILES string of the molecule is CC1=NN=C(CCCC(=O)NCCCOCCOCCOCCCN(C)C(=O)CCCCC2SCC3(N)NC(=O)NC23)[NH+]1c1sc(C)c(C)c1C(=N)c1ccc(Cl)cc1. The van der Waals surface area contributed by atoms with Crippen LogP contribution in [0.4, 0.5) is 9.80 Å². The summed E-state index contributed by atoms with van der Waals surface area (Å²) < 4.78 is 16.9. The maximum atomic E-state index is 12.6. The average Bonchev–Trinajstić information content (AvgIpc) is 3.91. The number of amides is 4. The van der Waals surface area contributed by atoms with Gasteiger partial charge in [-0.25, -0.2) is 9.69 Å². The number of hydrogen-bond donors (Lipinski definition) is 6. The van der Waals surface area contributed by atoms with E-state index < -0.39 is 5.66 Å². The van der Waals surface area contributed by atoms with Crippen molar-refractivity contribution in [2.45, 2.75) is 95.5 Å². The number of ether oxygens (including phenoxy) is 3. The van der Waals surface area contributed by atoms with Crippen LogP contribution in [0.5, 0.6) is 0 Å². The van der Waals surface area contributed by atoms with E-state index in [-0.39, 0.29) is 29.1 Å². The highest BCUT2D eigenvalue weighted by molar-refractivity contribution is 8.00. The standard InChI is InChI=1S/C41H60ClN9O6S2/c1-27-28(2)59-39(36(27)37(43)30-14-16-31(42)17-15-30)51-29(3)48-49-33(51)11-7-12-34(52)45-18-8-20-55-22-24-57-25-23-56-21-9-19-50(4)35(53)13-6-5-10-32-38-41(44,26-58-32)47-40(54)46-38/h14-17,32,38,43H,5-13,18-26,44H2,1-4H3,(H,45,52)(H2,46,47,54)/p+1. The quantitative estimate of drug-likeness (QED) is 0.0458. The predicted octanol–water partition coefficient (Wildman–Crippen LogP) is 4.28. The summed E-state index contributed by atoms with van der Waals surface area (Å²) in [5, 5.41) is 28.5. The van der Waals surface area contributed by atoms with Crippen molar-refractivity contribution in [1.29, 1.82) is 5.41 Å². The van der Waals surface area contributed by atoms with Gasteiger partial charge in [-0.2, -0.15) is 11.8 Å². The number of nitrogens with one attached hydrogen (secondary N) is 5. The summed E-state index contributed by atoms with van der Waals surface area (Å²) >= 11 is 9.54. The van der Waals surface area contributed by atoms with E-state index in [0.717, 1.165) is 68.8 Å². The number of aryl methyl sites for hydroxylation is 1. The molecule has 0 aliphatic carbocycles. The zero-order valence-corrected chi connectivity index (χ0v) is 37.1. The van der Waals surface area contributed by atoms with Gasteiger partial charge in [0.15, 0.2) is 0 Å². The third-order valence-corrected chi connectivity index (χ3v) is 13.8. The molecular formula is C41H61ClN9O6S2+. The lowest BCUT2D eigenvalue weighted by atomic mass is 9.98. The number of carbonyl (C=O) groups excluding carboxylic acids is 3. The Hall–Kier alpha value is -3.42. The molecule has 324 valence electrons. The number of thiophene rings is 1. The van der Waals surface area contributed by atoms with Gasteiger partial charge in [0, 0.05) is 86.0 Å². The Labute approximate surface area is 361 Å². The topological polar surface area (TPSA) is 197 Å². The zero-order valence-electron chi connectivity index (χ0n) is 34.8. The fourth-order valence-corrected chi connectivity index (χ4v) is 10.3. The summed E-state index contributed by atoms with van der Waals surface area (Å²) in [6, 6.07) is 7.09. The van der Waals surface area contributed by atoms with Crippen molar-refractivity contribution < 1.29 is 33.5 Å². The molecule has 7 N–H and O–H groups in total. The van der Waals surface area contributed by atoms with Crippen LogP contribution in [-0.2, 0) is 23.8 Å². The Balaban J connectivity index is 0.829. The zero-order chi connectivity index (χ0) is 42.4. The molecule has 0 radical (unpaired) electrons. The van der Waals surface area contributed by atoms with Crippen molar-refractivity contribution in [2.24, 2.45) is 15.9 Å². The van der Waals surface area contributed by atoms with E-state index in [4.69, 9.17) is 37.0 Å². The van der Waals surface area contributed by atoms with Crippen LogP contribution < -0.4 is 26.6 Å². The molecule has 4 amide bonds. The van der Waals surface area contributed by atoms with Crippen LogP contribution in [0.25, 0.3) is 0 Å². The third kappa shape index (κ3) is 13.3. The summed E-state index contributed by atoms with van der Waals surface area (Å²) in [4.78, 5) is 40.6. The van der Waals surface area contributed by atoms with Crippen LogP contribution in [0.1, 0.15) is 86.3 Å². The molecule has 3 aliphatic rings. The first-order valence-corrected chi connectivity index (χ1v) is 22.8. The number of urea groups is 1. The molecule has 1 aromatic carbocycles. The molecule has 15 nitrogen and oxygen atoms in total. The first-order valence-electron chi connectivity index (χ1n) is 20.5. The molecule has 2 aromatic rings. The highest BCUT2D eigenvalue weighted by Crippen LogP contribution is 2.37. The van der Waals surface area contributed by atoms with E-state index in [0.29, 0.717) is 101 Å². The maximum absolute atomic E-state index is 12.6. The number of quaternary nitrogens is 1. The minimum atomic E-state index is -0.657. The summed E-state index contributed by atoms with van der Waals surface area (Å²) in [6.45, 7) is 10.2. The Morgan fingerprint density at radius 3 is 2.42 bits per heavy atom. The number of benzene rings is 1. The Kier molecular flexibility index (Phi) is 18.2. The number of halogens is 1. The molecular weight excluding hydrogens is 814 g/mol. The Morgan fingerprint density at radius 2 is 1.69 bits per heavy atom. The molecule has 3 aliphatic heterocycles. The van der Waals surface area contributed by atoms with Crippen LogP contribution in [0.15, 0.2) is 34.5 Å². The first-order chi connectivity index (χ1) is 28.4. The van der Waals surface area contributed by atoms with Crippen molar-refractivity contribution in [3.8, 4) is 0 Å². The molecule has 59 heavy (non-hydrogen) atoms. The van der Waals surface area contributed by atoms with Gasteiger partial charge in [-0.05, 0) is 63.6 Å². The number of nitrogens with two attached hydrogens (primary N) is 1. The molecule has 1 aromatic heterocycles. The summed E-state index contributed by atoms with van der Waals surface area (Å²) in [5.41, 5.74) is 8.85. The van der Waals surface area contributed by atoms with Gasteiger partial charge in [-0.15, -0.1) is 0 Å². The van der Waals surface area contributed by atoms with E-state index in [1.165, 1.54) is 0 Å². The Bertz CT molecular complexity index is 1830. The highest BCUT2D eigenvalue weighted by atomic mass is 35.5. The first kappa shape index (κ1) is 46.6. The lowest BCUT2D eigenvalue weighted by Crippen LogP contribution is -3.11. The molecule has 0 bridgehead atoms. The van der Waals surface area contributed by atoms with E-state index in [2.05, 4.69) is 40.0 Å². The molecule has 4 heterocycles. The van der Waals surface area contributed by atoms with Gasteiger partial charge in [0.2, 0.25) is 28.5 Å². The lowest BCUT2D eigenvalue weighted by Gasteiger charge is -2.23. The second-order valence-electron chi connectivity index (χ2n) is 15.3. The predicted molar refractivity (Wildman–Crippen MR) is 236 cm³/mol. The molecule has 4 atom stereocenters. The number of unbranched alkanes of at least 4 members (excludes halogenated alkanes) is 1. The van der Waals surface area contributed by atoms with Gasteiger partial charge in [-0.3, -0.25) is 15.0 Å². The van der Waals surface area contributed by atoms with Crippen molar-refractivity contribution in [3.05, 3.63) is 50.9 Å². The number of amidine groups is 2. The molecule has 4 unspecified atom stereocenters. The summed E-state index contributed by atoms with van der Waals surface area (Å²) in [5.74, 6) is 2.50. The molecule has 18 heteroatoms. The van der Waals surface area contributed by atoms with Crippen LogP contribution >= 0.6 is 34.7 Å². The van der Waals surface area contributed by atoms with Gasteiger partial charge < -0.3 is 40.8 Å². The van der Waals surface area contributed by atoms with E-state index >= 15 is 0 Å². The smallest absolute Gasteiger partial charge is 0.316 e. The van der Waals surface area contributed by atoms with Gasteiger partial charge >= 0.3 is 6.03 Å². The van der Waals surface area contributed by atoms with Crippen molar-refractivity contribution >= 4 is 74.9 Å². The molecule has 2 saturated heterocycles. The van der Waals surface area contributed by atoms with Gasteiger partial charge in [0.1, 0.15) is 5.66 Å². The fourth-order valence-electron chi connectivity index (χ4n) is 7.31. The molecule has 0 saturated carbocycles. The van der Waals surface area contributed by atoms with E-state index in [9.17, 15) is 14.4 Å². The highest BCUT2D eigenvalue weighted by Gasteiger charge is 2.52. The van der Waals surface area contributed by atoms with Crippen LogP contribution in [0, 0.1) is 19.3 Å². The largest absolute Gasteiger partial charge is 0.379 e. The number of thioether (sulfide) groups is 1. The maximum Gasteiger partial charge on any atom is 0.316 e.